The zero-order chi connectivity index (χ0) is 25.4. The summed E-state index contributed by atoms with van der Waals surface area (Å²) in [5.41, 5.74) is 4.87. The number of carbonyl (C=O) groups excluding carboxylic acids is 1. The molecule has 0 fully saturated rings. The summed E-state index contributed by atoms with van der Waals surface area (Å²) < 4.78 is 6.65. The molecule has 184 valence electrons. The molecule has 0 unspecified atom stereocenters. The van der Waals surface area contributed by atoms with Gasteiger partial charge in [-0.1, -0.05) is 55.3 Å². The SMILES string of the molecule is CCC[C@H](c1ccc(C(=O)NCCC(=O)O)cc1)[C@@H](Oc1cc(C)cc(C)c1)c1ccc(Cl)cc1. The second kappa shape index (κ2) is 12.4. The highest BCUT2D eigenvalue weighted by Crippen LogP contribution is 2.39. The van der Waals surface area contributed by atoms with E-state index in [1.807, 2.05) is 48.5 Å². The van der Waals surface area contributed by atoms with Crippen molar-refractivity contribution in [2.24, 2.45) is 0 Å². The summed E-state index contributed by atoms with van der Waals surface area (Å²) in [7, 11) is 0. The summed E-state index contributed by atoms with van der Waals surface area (Å²) >= 11 is 6.17. The maximum atomic E-state index is 12.4. The van der Waals surface area contributed by atoms with E-state index in [1.165, 1.54) is 0 Å². The summed E-state index contributed by atoms with van der Waals surface area (Å²) in [5, 5.41) is 12.1. The molecule has 0 aliphatic carbocycles. The first-order valence-corrected chi connectivity index (χ1v) is 12.2. The first-order valence-electron chi connectivity index (χ1n) is 11.9. The van der Waals surface area contributed by atoms with Gasteiger partial charge in [-0.15, -0.1) is 0 Å². The third-order valence-corrected chi connectivity index (χ3v) is 6.10. The molecular weight excluding hydrogens is 462 g/mol. The fourth-order valence-electron chi connectivity index (χ4n) is 4.25. The molecule has 35 heavy (non-hydrogen) atoms. The Bertz CT molecular complexity index is 1120. The van der Waals surface area contributed by atoms with Crippen molar-refractivity contribution in [3.8, 4) is 5.75 Å². The molecule has 0 heterocycles. The first-order chi connectivity index (χ1) is 16.8. The number of benzene rings is 3. The Morgan fingerprint density at radius 3 is 2.11 bits per heavy atom. The van der Waals surface area contributed by atoms with E-state index in [2.05, 4.69) is 32.2 Å². The van der Waals surface area contributed by atoms with Crippen LogP contribution in [-0.4, -0.2) is 23.5 Å². The van der Waals surface area contributed by atoms with Gasteiger partial charge in [-0.25, -0.2) is 0 Å². The summed E-state index contributed by atoms with van der Waals surface area (Å²) in [4.78, 5) is 23.1. The van der Waals surface area contributed by atoms with Crippen LogP contribution >= 0.6 is 11.6 Å². The minimum atomic E-state index is -0.944. The molecule has 0 saturated carbocycles. The summed E-state index contributed by atoms with van der Waals surface area (Å²) in [6, 6.07) is 21.4. The van der Waals surface area contributed by atoms with Gasteiger partial charge >= 0.3 is 5.97 Å². The molecule has 2 N–H and O–H groups in total. The molecule has 0 radical (unpaired) electrons. The van der Waals surface area contributed by atoms with Gasteiger partial charge in [0.1, 0.15) is 11.9 Å². The second-order valence-corrected chi connectivity index (χ2v) is 9.27. The summed E-state index contributed by atoms with van der Waals surface area (Å²) in [6.45, 7) is 6.35. The minimum Gasteiger partial charge on any atom is -0.485 e. The Balaban J connectivity index is 1.91. The Hall–Kier alpha value is -3.31. The van der Waals surface area contributed by atoms with Gasteiger partial charge in [0.2, 0.25) is 0 Å². The van der Waals surface area contributed by atoms with Crippen LogP contribution in [0.2, 0.25) is 5.02 Å². The molecular formula is C29H32ClNO4. The lowest BCUT2D eigenvalue weighted by Crippen LogP contribution is -2.26. The lowest BCUT2D eigenvalue weighted by Gasteiger charge is -2.29. The Labute approximate surface area is 212 Å². The van der Waals surface area contributed by atoms with E-state index < -0.39 is 5.97 Å². The number of carboxylic acids is 1. The van der Waals surface area contributed by atoms with E-state index in [0.29, 0.717) is 10.6 Å². The van der Waals surface area contributed by atoms with Crippen LogP contribution in [0.15, 0.2) is 66.7 Å². The molecule has 6 heteroatoms. The highest BCUT2D eigenvalue weighted by molar-refractivity contribution is 6.30. The Morgan fingerprint density at radius 2 is 1.54 bits per heavy atom. The van der Waals surface area contributed by atoms with Crippen LogP contribution in [0, 0.1) is 13.8 Å². The average molecular weight is 494 g/mol. The van der Waals surface area contributed by atoms with Crippen LogP contribution in [-0.2, 0) is 4.79 Å². The predicted molar refractivity (Wildman–Crippen MR) is 139 cm³/mol. The molecule has 1 amide bonds. The number of carboxylic acid groups (broad SMARTS) is 1. The number of hydrogen-bond donors (Lipinski definition) is 2. The number of hydrogen-bond acceptors (Lipinski definition) is 3. The van der Waals surface area contributed by atoms with Gasteiger partial charge in [-0.3, -0.25) is 9.59 Å². The number of amides is 1. The number of halogens is 1. The molecule has 0 bridgehead atoms. The van der Waals surface area contributed by atoms with E-state index in [4.69, 9.17) is 21.4 Å². The van der Waals surface area contributed by atoms with Gasteiger partial charge in [0, 0.05) is 23.0 Å². The molecule has 2 atom stereocenters. The van der Waals surface area contributed by atoms with Crippen LogP contribution in [0.1, 0.15) is 70.8 Å². The van der Waals surface area contributed by atoms with Crippen molar-refractivity contribution in [1.29, 1.82) is 0 Å². The number of carbonyl (C=O) groups is 2. The van der Waals surface area contributed by atoms with Crippen LogP contribution < -0.4 is 10.1 Å². The number of rotatable bonds is 11. The maximum absolute atomic E-state index is 12.4. The van der Waals surface area contributed by atoms with Crippen molar-refractivity contribution >= 4 is 23.5 Å². The van der Waals surface area contributed by atoms with Crippen LogP contribution in [0.3, 0.4) is 0 Å². The molecule has 5 nitrogen and oxygen atoms in total. The molecule has 0 aliphatic heterocycles. The van der Waals surface area contributed by atoms with E-state index in [0.717, 1.165) is 40.8 Å². The minimum absolute atomic E-state index is 0.0473. The Kier molecular flexibility index (Phi) is 9.32. The highest BCUT2D eigenvalue weighted by Gasteiger charge is 2.27. The topological polar surface area (TPSA) is 75.6 Å². The van der Waals surface area contributed by atoms with Gasteiger partial charge in [0.05, 0.1) is 6.42 Å². The summed E-state index contributed by atoms with van der Waals surface area (Å²) in [5.74, 6) is -0.366. The maximum Gasteiger partial charge on any atom is 0.305 e. The summed E-state index contributed by atoms with van der Waals surface area (Å²) in [6.07, 6.45) is 1.50. The third kappa shape index (κ3) is 7.59. The number of aliphatic carboxylic acids is 1. The van der Waals surface area contributed by atoms with Gasteiger partial charge in [0.25, 0.3) is 5.91 Å². The normalized spacial score (nSPS) is 12.6. The molecule has 0 aromatic heterocycles. The number of aryl methyl sites for hydroxylation is 2. The van der Waals surface area contributed by atoms with Crippen molar-refractivity contribution in [2.45, 2.75) is 52.1 Å². The quantitative estimate of drug-likeness (QED) is 0.305. The molecule has 3 rings (SSSR count). The Morgan fingerprint density at radius 1 is 0.943 bits per heavy atom. The average Bonchev–Trinajstić information content (AvgIpc) is 2.81. The smallest absolute Gasteiger partial charge is 0.305 e. The molecule has 3 aromatic carbocycles. The number of nitrogens with one attached hydrogen (secondary N) is 1. The van der Waals surface area contributed by atoms with Gasteiger partial charge in [-0.05, 0) is 78.9 Å². The standard InChI is InChI=1S/C29H32ClNO4/c1-4-5-26(21-6-8-23(9-7-21)29(34)31-15-14-27(32)33)28(22-10-12-24(30)13-11-22)35-25-17-19(2)16-20(3)18-25/h6-13,16-18,26,28H,4-5,14-15H2,1-3H3,(H,31,34)(H,32,33)/t26-,28+/m1/s1. The molecule has 0 aliphatic rings. The number of ether oxygens (including phenoxy) is 1. The van der Waals surface area contributed by atoms with Crippen LogP contribution in [0.5, 0.6) is 5.75 Å². The largest absolute Gasteiger partial charge is 0.485 e. The van der Waals surface area contributed by atoms with E-state index in [1.54, 1.807) is 12.1 Å². The van der Waals surface area contributed by atoms with Crippen LogP contribution in [0.25, 0.3) is 0 Å². The lowest BCUT2D eigenvalue weighted by molar-refractivity contribution is -0.136. The first kappa shape index (κ1) is 26.3. The van der Waals surface area contributed by atoms with Crippen molar-refractivity contribution in [2.75, 3.05) is 6.54 Å². The zero-order valence-corrected chi connectivity index (χ0v) is 21.1. The van der Waals surface area contributed by atoms with E-state index in [9.17, 15) is 9.59 Å². The van der Waals surface area contributed by atoms with Gasteiger partial charge in [0.15, 0.2) is 0 Å². The van der Waals surface area contributed by atoms with Crippen molar-refractivity contribution in [3.05, 3.63) is 99.6 Å². The third-order valence-electron chi connectivity index (χ3n) is 5.85. The molecule has 0 saturated heterocycles. The monoisotopic (exact) mass is 493 g/mol. The van der Waals surface area contributed by atoms with Crippen molar-refractivity contribution in [3.63, 3.8) is 0 Å². The van der Waals surface area contributed by atoms with Crippen LogP contribution in [0.4, 0.5) is 0 Å². The fourth-order valence-corrected chi connectivity index (χ4v) is 4.38. The second-order valence-electron chi connectivity index (χ2n) is 8.83. The van der Waals surface area contributed by atoms with Gasteiger partial charge in [-0.2, -0.15) is 0 Å². The van der Waals surface area contributed by atoms with Gasteiger partial charge < -0.3 is 15.2 Å². The fraction of sp³-hybridized carbons (Fsp3) is 0.310. The van der Waals surface area contributed by atoms with E-state index >= 15 is 0 Å². The van der Waals surface area contributed by atoms with Crippen molar-refractivity contribution in [1.82, 2.24) is 5.32 Å². The highest BCUT2D eigenvalue weighted by atomic mass is 35.5. The molecule has 3 aromatic rings. The zero-order valence-electron chi connectivity index (χ0n) is 20.4. The van der Waals surface area contributed by atoms with Crippen molar-refractivity contribution < 1.29 is 19.4 Å². The lowest BCUT2D eigenvalue weighted by atomic mass is 9.85. The predicted octanol–water partition coefficient (Wildman–Crippen LogP) is 6.87. The van der Waals surface area contributed by atoms with E-state index in [-0.39, 0.29) is 30.9 Å². The molecule has 0 spiro atoms.